The molecule has 0 radical (unpaired) electrons. The third kappa shape index (κ3) is 6.57. The fraction of sp³-hybridized carbons (Fsp3) is 0.550. The minimum absolute atomic E-state index is 0.0360. The van der Waals surface area contributed by atoms with Gasteiger partial charge in [0.2, 0.25) is 0 Å². The van der Waals surface area contributed by atoms with Gasteiger partial charge in [-0.05, 0) is 50.6 Å². The lowest BCUT2D eigenvalue weighted by Gasteiger charge is -2.12. The van der Waals surface area contributed by atoms with Crippen molar-refractivity contribution in [2.75, 3.05) is 6.61 Å². The molecule has 1 N–H and O–H groups in total. The van der Waals surface area contributed by atoms with E-state index in [1.165, 1.54) is 11.9 Å². The number of rotatable bonds is 10. The Bertz CT molecular complexity index is 766. The van der Waals surface area contributed by atoms with E-state index in [9.17, 15) is 22.8 Å². The predicted molar refractivity (Wildman–Crippen MR) is 105 cm³/mol. The van der Waals surface area contributed by atoms with Crippen molar-refractivity contribution in [2.24, 2.45) is 0 Å². The molecule has 0 fully saturated rings. The summed E-state index contributed by atoms with van der Waals surface area (Å²) < 4.78 is 46.7. The molecule has 2 rings (SSSR count). The van der Waals surface area contributed by atoms with Crippen molar-refractivity contribution in [3.63, 3.8) is 0 Å². The Morgan fingerprint density at radius 1 is 1.24 bits per heavy atom. The Balaban J connectivity index is 1.93. The van der Waals surface area contributed by atoms with Gasteiger partial charge in [-0.3, -0.25) is 14.5 Å². The lowest BCUT2D eigenvalue weighted by molar-refractivity contribution is -0.139. The third-order valence-electron chi connectivity index (χ3n) is 4.49. The first kappa shape index (κ1) is 23.4. The summed E-state index contributed by atoms with van der Waals surface area (Å²) >= 11 is 1.42. The summed E-state index contributed by atoms with van der Waals surface area (Å²) in [6, 6.07) is 0.792. The molecule has 9 heteroatoms. The van der Waals surface area contributed by atoms with Gasteiger partial charge >= 0.3 is 12.1 Å². The Morgan fingerprint density at radius 2 is 2.00 bits per heavy atom. The summed E-state index contributed by atoms with van der Waals surface area (Å²) in [5.41, 5.74) is -0.304. The SMILES string of the molecule is CCCC1NSC(CCCCC(=O)c2cncc(C(F)(F)F)c2)=C1C(=O)OCC. The smallest absolute Gasteiger partial charge is 0.417 e. The molecule has 0 aliphatic carbocycles. The lowest BCUT2D eigenvalue weighted by atomic mass is 10.00. The van der Waals surface area contributed by atoms with E-state index in [0.29, 0.717) is 37.6 Å². The third-order valence-corrected chi connectivity index (χ3v) is 5.56. The molecule has 2 heterocycles. The van der Waals surface area contributed by atoms with Crippen LogP contribution < -0.4 is 4.72 Å². The molecule has 1 aromatic heterocycles. The maximum Gasteiger partial charge on any atom is 0.417 e. The number of nitrogens with one attached hydrogen (secondary N) is 1. The molecule has 0 spiro atoms. The zero-order valence-corrected chi connectivity index (χ0v) is 17.3. The van der Waals surface area contributed by atoms with E-state index in [0.717, 1.165) is 30.0 Å². The largest absolute Gasteiger partial charge is 0.463 e. The maximum atomic E-state index is 12.8. The second-order valence-electron chi connectivity index (χ2n) is 6.71. The average molecular weight is 430 g/mol. The summed E-state index contributed by atoms with van der Waals surface area (Å²) in [7, 11) is 0. The quantitative estimate of drug-likeness (QED) is 0.242. The molecule has 0 aromatic carbocycles. The number of carbonyl (C=O) groups excluding carboxylic acids is 2. The van der Waals surface area contributed by atoms with E-state index in [-0.39, 0.29) is 29.8 Å². The van der Waals surface area contributed by atoms with Gasteiger partial charge in [-0.15, -0.1) is 0 Å². The standard InChI is InChI=1S/C20H25F3N2O3S/c1-3-7-15-18(19(27)28-4-2)17(29-25-15)9-6-5-8-16(26)13-10-14(12-24-11-13)20(21,22)23/h10-12,15,25H,3-9H2,1-2H3. The molecule has 1 aliphatic heterocycles. The van der Waals surface area contributed by atoms with E-state index in [2.05, 4.69) is 9.71 Å². The van der Waals surface area contributed by atoms with Crippen LogP contribution >= 0.6 is 11.9 Å². The van der Waals surface area contributed by atoms with Gasteiger partial charge in [0.15, 0.2) is 5.78 Å². The van der Waals surface area contributed by atoms with Crippen LogP contribution in [0.25, 0.3) is 0 Å². The van der Waals surface area contributed by atoms with E-state index in [4.69, 9.17) is 4.74 Å². The normalized spacial score (nSPS) is 16.9. The Labute approximate surface area is 172 Å². The molecule has 1 aromatic rings. The van der Waals surface area contributed by atoms with Crippen LogP contribution in [0, 0.1) is 0 Å². The predicted octanol–water partition coefficient (Wildman–Crippen LogP) is 5.08. The molecular weight excluding hydrogens is 405 g/mol. The van der Waals surface area contributed by atoms with Crippen molar-refractivity contribution >= 4 is 23.7 Å². The van der Waals surface area contributed by atoms with E-state index in [1.54, 1.807) is 6.92 Å². The van der Waals surface area contributed by atoms with Crippen LogP contribution in [0.5, 0.6) is 0 Å². The molecule has 1 aliphatic rings. The molecule has 1 unspecified atom stereocenters. The van der Waals surface area contributed by atoms with Crippen molar-refractivity contribution in [3.05, 3.63) is 40.1 Å². The van der Waals surface area contributed by atoms with Gasteiger partial charge in [0.25, 0.3) is 0 Å². The van der Waals surface area contributed by atoms with Gasteiger partial charge in [-0.25, -0.2) is 4.79 Å². The van der Waals surface area contributed by atoms with Crippen molar-refractivity contribution in [1.29, 1.82) is 0 Å². The van der Waals surface area contributed by atoms with Crippen LogP contribution in [0.3, 0.4) is 0 Å². The topological polar surface area (TPSA) is 68.3 Å². The number of aromatic nitrogens is 1. The fourth-order valence-electron chi connectivity index (χ4n) is 3.06. The van der Waals surface area contributed by atoms with Crippen LogP contribution in [0.4, 0.5) is 13.2 Å². The van der Waals surface area contributed by atoms with Gasteiger partial charge in [0.05, 0.1) is 23.8 Å². The molecule has 1 atom stereocenters. The second-order valence-corrected chi connectivity index (χ2v) is 7.64. The summed E-state index contributed by atoms with van der Waals surface area (Å²) in [6.45, 7) is 4.11. The first-order valence-electron chi connectivity index (χ1n) is 9.65. The minimum atomic E-state index is -4.53. The zero-order valence-electron chi connectivity index (χ0n) is 16.5. The van der Waals surface area contributed by atoms with Crippen LogP contribution in [0.1, 0.15) is 68.3 Å². The highest BCUT2D eigenvalue weighted by atomic mass is 32.2. The number of carbonyl (C=O) groups is 2. The summed E-state index contributed by atoms with van der Waals surface area (Å²) in [5, 5.41) is 0. The molecule has 5 nitrogen and oxygen atoms in total. The van der Waals surface area contributed by atoms with Crippen LogP contribution in [-0.2, 0) is 15.7 Å². The van der Waals surface area contributed by atoms with Crippen LogP contribution in [0.15, 0.2) is 28.9 Å². The molecule has 0 bridgehead atoms. The molecular formula is C20H25F3N2O3S. The number of hydrogen-bond acceptors (Lipinski definition) is 6. The van der Waals surface area contributed by atoms with Gasteiger partial charge < -0.3 is 4.74 Å². The monoisotopic (exact) mass is 430 g/mol. The number of ketones is 1. The summed E-state index contributed by atoms with van der Waals surface area (Å²) in [4.78, 5) is 28.9. The van der Waals surface area contributed by atoms with E-state index < -0.39 is 11.7 Å². The zero-order chi connectivity index (χ0) is 21.4. The number of pyridine rings is 1. The molecule has 160 valence electrons. The first-order chi connectivity index (χ1) is 13.8. The number of ether oxygens (including phenoxy) is 1. The number of halogens is 3. The van der Waals surface area contributed by atoms with E-state index in [1.807, 2.05) is 6.92 Å². The second kappa shape index (κ2) is 10.8. The number of alkyl halides is 3. The van der Waals surface area contributed by atoms with Crippen molar-refractivity contribution in [2.45, 2.75) is 64.6 Å². The lowest BCUT2D eigenvalue weighted by Crippen LogP contribution is -2.26. The average Bonchev–Trinajstić information content (AvgIpc) is 3.07. The number of nitrogens with zero attached hydrogens (tertiary/aromatic N) is 1. The number of hydrogen-bond donors (Lipinski definition) is 1. The van der Waals surface area contributed by atoms with Crippen molar-refractivity contribution in [3.8, 4) is 0 Å². The highest BCUT2D eigenvalue weighted by Gasteiger charge is 2.32. The number of allylic oxidation sites excluding steroid dienone is 1. The van der Waals surface area contributed by atoms with Crippen molar-refractivity contribution in [1.82, 2.24) is 9.71 Å². The summed E-state index contributed by atoms with van der Waals surface area (Å²) in [5.74, 6) is -0.686. The first-order valence-corrected chi connectivity index (χ1v) is 10.5. The van der Waals surface area contributed by atoms with Gasteiger partial charge in [-0.1, -0.05) is 13.3 Å². The van der Waals surface area contributed by atoms with Gasteiger partial charge in [0.1, 0.15) is 0 Å². The molecule has 0 saturated carbocycles. The van der Waals surface area contributed by atoms with Gasteiger partial charge in [0, 0.05) is 29.3 Å². The number of Topliss-reactive ketones (excluding diaryl/α,β-unsaturated/α-hetero) is 1. The van der Waals surface area contributed by atoms with Crippen LogP contribution in [-0.4, -0.2) is 29.4 Å². The fourth-order valence-corrected chi connectivity index (χ4v) is 4.16. The van der Waals surface area contributed by atoms with Gasteiger partial charge in [-0.2, -0.15) is 13.2 Å². The minimum Gasteiger partial charge on any atom is -0.463 e. The highest BCUT2D eigenvalue weighted by Crippen LogP contribution is 2.35. The summed E-state index contributed by atoms with van der Waals surface area (Å²) in [6.07, 6.45) is 0.974. The van der Waals surface area contributed by atoms with Crippen LogP contribution in [0.2, 0.25) is 0 Å². The van der Waals surface area contributed by atoms with E-state index >= 15 is 0 Å². The highest BCUT2D eigenvalue weighted by molar-refractivity contribution is 8.01. The Hall–Kier alpha value is -1.87. The Morgan fingerprint density at radius 3 is 2.66 bits per heavy atom. The maximum absolute atomic E-state index is 12.8. The Kier molecular flexibility index (Phi) is 8.70. The molecule has 0 amide bonds. The number of unbranched alkanes of at least 4 members (excludes halogenated alkanes) is 1. The number of esters is 1. The molecule has 29 heavy (non-hydrogen) atoms. The van der Waals surface area contributed by atoms with Crippen molar-refractivity contribution < 1.29 is 27.5 Å². The molecule has 0 saturated heterocycles.